The van der Waals surface area contributed by atoms with Gasteiger partial charge in [0.05, 0.1) is 13.0 Å². The second-order valence-electron chi connectivity index (χ2n) is 3.64. The predicted octanol–water partition coefficient (Wildman–Crippen LogP) is -0.0643. The van der Waals surface area contributed by atoms with Crippen LogP contribution in [0.3, 0.4) is 0 Å². The van der Waals surface area contributed by atoms with E-state index in [0.717, 1.165) is 6.42 Å². The maximum atomic E-state index is 11.2. The molecule has 0 spiro atoms. The second kappa shape index (κ2) is 10.0. The Labute approximate surface area is 102 Å². The summed E-state index contributed by atoms with van der Waals surface area (Å²) < 4.78 is 5.20. The summed E-state index contributed by atoms with van der Waals surface area (Å²) in [6, 6.07) is 0. The highest BCUT2D eigenvalue weighted by atomic mass is 16.5. The van der Waals surface area contributed by atoms with Gasteiger partial charge >= 0.3 is 5.97 Å². The van der Waals surface area contributed by atoms with Crippen molar-refractivity contribution in [2.45, 2.75) is 19.8 Å². The fourth-order valence-electron chi connectivity index (χ4n) is 1.34. The first-order chi connectivity index (χ1) is 8.10. The summed E-state index contributed by atoms with van der Waals surface area (Å²) in [5.74, 6) is -0.955. The van der Waals surface area contributed by atoms with E-state index < -0.39 is 5.97 Å². The van der Waals surface area contributed by atoms with Gasteiger partial charge in [0.15, 0.2) is 0 Å². The molecule has 0 heterocycles. The number of carbonyl (C=O) groups is 2. The first-order valence-electron chi connectivity index (χ1n) is 5.82. The maximum absolute atomic E-state index is 11.2. The Morgan fingerprint density at radius 1 is 1.35 bits per heavy atom. The first-order valence-corrected chi connectivity index (χ1v) is 5.82. The maximum Gasteiger partial charge on any atom is 0.304 e. The molecule has 0 radical (unpaired) electrons. The minimum atomic E-state index is -0.850. The summed E-state index contributed by atoms with van der Waals surface area (Å²) in [4.78, 5) is 23.5. The van der Waals surface area contributed by atoms with Gasteiger partial charge in [-0.3, -0.25) is 14.5 Å². The molecule has 0 atom stereocenters. The topological polar surface area (TPSA) is 78.9 Å². The van der Waals surface area contributed by atoms with Crippen molar-refractivity contribution in [1.29, 1.82) is 0 Å². The van der Waals surface area contributed by atoms with Crippen LogP contribution < -0.4 is 5.32 Å². The molecule has 0 rings (SSSR count). The number of ether oxygens (including phenoxy) is 1. The fourth-order valence-corrected chi connectivity index (χ4v) is 1.34. The molecule has 0 bridgehead atoms. The van der Waals surface area contributed by atoms with Crippen LogP contribution in [-0.2, 0) is 14.3 Å². The molecule has 0 fully saturated rings. The number of nitrogens with zero attached hydrogens (tertiary/aromatic N) is 1. The van der Waals surface area contributed by atoms with Gasteiger partial charge < -0.3 is 15.2 Å². The number of likely N-dealkylation sites (N-methyl/N-ethyl adjacent to an activating group) is 1. The van der Waals surface area contributed by atoms with Crippen molar-refractivity contribution in [2.75, 3.05) is 39.9 Å². The Morgan fingerprint density at radius 2 is 2.06 bits per heavy atom. The molecule has 100 valence electrons. The van der Waals surface area contributed by atoms with E-state index in [1.54, 1.807) is 7.05 Å². The van der Waals surface area contributed by atoms with Crippen LogP contribution in [0.1, 0.15) is 19.8 Å². The largest absolute Gasteiger partial charge is 0.481 e. The lowest BCUT2D eigenvalue weighted by Crippen LogP contribution is -2.37. The summed E-state index contributed by atoms with van der Waals surface area (Å²) in [6.07, 6.45) is 0.843. The van der Waals surface area contributed by atoms with Gasteiger partial charge in [0.25, 0.3) is 0 Å². The van der Waals surface area contributed by atoms with Crippen molar-refractivity contribution in [3.05, 3.63) is 0 Å². The molecule has 0 aromatic carbocycles. The molecule has 0 aliphatic rings. The normalized spacial score (nSPS) is 10.5. The van der Waals surface area contributed by atoms with E-state index in [9.17, 15) is 9.59 Å². The molecule has 0 aliphatic heterocycles. The number of carboxylic acid groups (broad SMARTS) is 1. The number of nitrogens with one attached hydrogen (secondary N) is 1. The smallest absolute Gasteiger partial charge is 0.304 e. The lowest BCUT2D eigenvalue weighted by atomic mass is 10.3. The zero-order chi connectivity index (χ0) is 13.1. The van der Waals surface area contributed by atoms with Crippen LogP contribution in [-0.4, -0.2) is 61.8 Å². The number of amides is 1. The van der Waals surface area contributed by atoms with Gasteiger partial charge in [0, 0.05) is 33.4 Å². The lowest BCUT2D eigenvalue weighted by molar-refractivity contribution is -0.137. The highest BCUT2D eigenvalue weighted by Gasteiger charge is 2.10. The number of hydrogen-bond acceptors (Lipinski definition) is 4. The van der Waals surface area contributed by atoms with E-state index in [4.69, 9.17) is 9.84 Å². The number of aliphatic carboxylic acids is 1. The highest BCUT2D eigenvalue weighted by Crippen LogP contribution is 1.95. The standard InChI is InChI=1S/C11H22N2O4/c1-3-17-8-4-6-13(7-5-11(15)16)9-10(14)12-2/h3-9H2,1-2H3,(H,12,14)(H,15,16). The number of hydrogen-bond donors (Lipinski definition) is 2. The van der Waals surface area contributed by atoms with Gasteiger partial charge in [0.1, 0.15) is 0 Å². The van der Waals surface area contributed by atoms with Crippen LogP contribution in [0.4, 0.5) is 0 Å². The zero-order valence-electron chi connectivity index (χ0n) is 10.6. The van der Waals surface area contributed by atoms with Crippen molar-refractivity contribution in [3.8, 4) is 0 Å². The lowest BCUT2D eigenvalue weighted by Gasteiger charge is -2.20. The molecule has 6 nitrogen and oxygen atoms in total. The first kappa shape index (κ1) is 15.9. The van der Waals surface area contributed by atoms with Gasteiger partial charge in [-0.15, -0.1) is 0 Å². The Kier molecular flexibility index (Phi) is 9.37. The van der Waals surface area contributed by atoms with Crippen LogP contribution >= 0.6 is 0 Å². The molecule has 0 saturated carbocycles. The van der Waals surface area contributed by atoms with Crippen LogP contribution in [0, 0.1) is 0 Å². The van der Waals surface area contributed by atoms with Crippen LogP contribution in [0.15, 0.2) is 0 Å². The molecule has 1 amide bonds. The Hall–Kier alpha value is -1.14. The molecule has 0 aromatic rings. The molecular weight excluding hydrogens is 224 g/mol. The zero-order valence-corrected chi connectivity index (χ0v) is 10.6. The molecule has 0 aliphatic carbocycles. The average Bonchev–Trinajstić information content (AvgIpc) is 2.30. The van der Waals surface area contributed by atoms with Crippen molar-refractivity contribution in [3.63, 3.8) is 0 Å². The Morgan fingerprint density at radius 3 is 2.59 bits per heavy atom. The van der Waals surface area contributed by atoms with Gasteiger partial charge in [-0.2, -0.15) is 0 Å². The third-order valence-electron chi connectivity index (χ3n) is 2.26. The molecule has 0 unspecified atom stereocenters. The van der Waals surface area contributed by atoms with Crippen LogP contribution in [0.25, 0.3) is 0 Å². The minimum absolute atomic E-state index is 0.0473. The number of carbonyl (C=O) groups excluding carboxylic acids is 1. The van der Waals surface area contributed by atoms with E-state index in [1.165, 1.54) is 0 Å². The Balaban J connectivity index is 3.92. The van der Waals surface area contributed by atoms with E-state index in [-0.39, 0.29) is 18.9 Å². The fraction of sp³-hybridized carbons (Fsp3) is 0.818. The van der Waals surface area contributed by atoms with Crippen LogP contribution in [0.5, 0.6) is 0 Å². The van der Waals surface area contributed by atoms with Gasteiger partial charge in [-0.05, 0) is 13.3 Å². The van der Waals surface area contributed by atoms with Crippen molar-refractivity contribution in [1.82, 2.24) is 10.2 Å². The summed E-state index contributed by atoms with van der Waals surface area (Å²) in [7, 11) is 1.57. The van der Waals surface area contributed by atoms with Crippen molar-refractivity contribution < 1.29 is 19.4 Å². The van der Waals surface area contributed by atoms with E-state index in [0.29, 0.717) is 26.3 Å². The molecule has 0 saturated heterocycles. The second-order valence-corrected chi connectivity index (χ2v) is 3.64. The van der Waals surface area contributed by atoms with Gasteiger partial charge in [-0.25, -0.2) is 0 Å². The average molecular weight is 246 g/mol. The Bertz CT molecular complexity index is 234. The number of carboxylic acids is 1. The van der Waals surface area contributed by atoms with Gasteiger partial charge in [-0.1, -0.05) is 0 Å². The summed E-state index contributed by atoms with van der Waals surface area (Å²) in [5, 5.41) is 11.1. The predicted molar refractivity (Wildman–Crippen MR) is 63.9 cm³/mol. The molecule has 17 heavy (non-hydrogen) atoms. The summed E-state index contributed by atoms with van der Waals surface area (Å²) in [6.45, 7) is 4.51. The molecular formula is C11H22N2O4. The summed E-state index contributed by atoms with van der Waals surface area (Å²) >= 11 is 0. The highest BCUT2D eigenvalue weighted by molar-refractivity contribution is 5.77. The van der Waals surface area contributed by atoms with Crippen molar-refractivity contribution >= 4 is 11.9 Å². The third kappa shape index (κ3) is 9.77. The van der Waals surface area contributed by atoms with E-state index in [2.05, 4.69) is 5.32 Å². The van der Waals surface area contributed by atoms with E-state index in [1.807, 2.05) is 11.8 Å². The quantitative estimate of drug-likeness (QED) is 0.528. The SMILES string of the molecule is CCOCCCN(CCC(=O)O)CC(=O)NC. The van der Waals surface area contributed by atoms with Gasteiger partial charge in [0.2, 0.25) is 5.91 Å². The molecule has 2 N–H and O–H groups in total. The van der Waals surface area contributed by atoms with Crippen molar-refractivity contribution in [2.24, 2.45) is 0 Å². The minimum Gasteiger partial charge on any atom is -0.481 e. The monoisotopic (exact) mass is 246 g/mol. The third-order valence-corrected chi connectivity index (χ3v) is 2.26. The molecule has 0 aromatic heterocycles. The summed E-state index contributed by atoms with van der Waals surface area (Å²) in [5.41, 5.74) is 0. The molecule has 6 heteroatoms. The van der Waals surface area contributed by atoms with Crippen LogP contribution in [0.2, 0.25) is 0 Å². The van der Waals surface area contributed by atoms with E-state index >= 15 is 0 Å². The number of rotatable bonds is 10.